The van der Waals surface area contributed by atoms with Crippen molar-refractivity contribution in [3.63, 3.8) is 0 Å². The molecule has 0 saturated heterocycles. The number of rotatable bonds is 4. The highest BCUT2D eigenvalue weighted by atomic mass is 16.5. The summed E-state index contributed by atoms with van der Waals surface area (Å²) in [5.74, 6) is -0.383. The first-order valence-electron chi connectivity index (χ1n) is 8.04. The number of aromatic nitrogens is 1. The highest BCUT2D eigenvalue weighted by Crippen LogP contribution is 2.35. The van der Waals surface area contributed by atoms with Crippen molar-refractivity contribution in [3.05, 3.63) is 48.2 Å². The monoisotopic (exact) mass is 324 g/mol. The largest absolute Gasteiger partial charge is 0.469 e. The molecular weight excluding hydrogens is 304 g/mol. The number of methoxy groups -OCH3 is 1. The zero-order valence-corrected chi connectivity index (χ0v) is 13.6. The summed E-state index contributed by atoms with van der Waals surface area (Å²) in [6, 6.07) is 11.0. The normalized spacial score (nSPS) is 19.9. The molecule has 1 aliphatic carbocycles. The first-order chi connectivity index (χ1) is 11.6. The minimum absolute atomic E-state index is 0.0184. The summed E-state index contributed by atoms with van der Waals surface area (Å²) >= 11 is 0. The zero-order valence-electron chi connectivity index (χ0n) is 13.6. The SMILES string of the molecule is COC(=O)C1CCCC1C(=O)c1ccc(-c2ccc(N)nc2)cc1. The zero-order chi connectivity index (χ0) is 17.1. The molecule has 2 atom stereocenters. The minimum Gasteiger partial charge on any atom is -0.469 e. The molecule has 0 radical (unpaired) electrons. The smallest absolute Gasteiger partial charge is 0.309 e. The summed E-state index contributed by atoms with van der Waals surface area (Å²) in [7, 11) is 1.37. The van der Waals surface area contributed by atoms with Crippen LogP contribution in [0.15, 0.2) is 42.6 Å². The molecule has 1 saturated carbocycles. The van der Waals surface area contributed by atoms with Crippen molar-refractivity contribution in [1.82, 2.24) is 4.98 Å². The average molecular weight is 324 g/mol. The Morgan fingerprint density at radius 2 is 1.71 bits per heavy atom. The second kappa shape index (κ2) is 6.83. The summed E-state index contributed by atoms with van der Waals surface area (Å²) < 4.78 is 4.83. The van der Waals surface area contributed by atoms with Gasteiger partial charge in [-0.1, -0.05) is 30.7 Å². The Morgan fingerprint density at radius 1 is 1.04 bits per heavy atom. The van der Waals surface area contributed by atoms with E-state index in [1.165, 1.54) is 7.11 Å². The number of Topliss-reactive ketones (excluding diaryl/α,β-unsaturated/α-hetero) is 1. The molecule has 1 heterocycles. The van der Waals surface area contributed by atoms with Crippen LogP contribution in [0.1, 0.15) is 29.6 Å². The number of nitrogens with two attached hydrogens (primary N) is 1. The number of nitrogen functional groups attached to an aromatic ring is 1. The number of anilines is 1. The number of pyridine rings is 1. The summed E-state index contributed by atoms with van der Waals surface area (Å²) in [4.78, 5) is 28.6. The molecule has 3 rings (SSSR count). The van der Waals surface area contributed by atoms with Crippen LogP contribution in [0, 0.1) is 11.8 Å². The fraction of sp³-hybridized carbons (Fsp3) is 0.316. The van der Waals surface area contributed by atoms with Crippen LogP contribution in [0.25, 0.3) is 11.1 Å². The van der Waals surface area contributed by atoms with Crippen molar-refractivity contribution in [2.45, 2.75) is 19.3 Å². The lowest BCUT2D eigenvalue weighted by molar-refractivity contribution is -0.146. The van der Waals surface area contributed by atoms with E-state index in [0.717, 1.165) is 30.4 Å². The van der Waals surface area contributed by atoms with Crippen molar-refractivity contribution in [3.8, 4) is 11.1 Å². The van der Waals surface area contributed by atoms with Gasteiger partial charge in [-0.05, 0) is 30.5 Å². The molecule has 1 aromatic carbocycles. The van der Waals surface area contributed by atoms with Gasteiger partial charge in [0.05, 0.1) is 13.0 Å². The van der Waals surface area contributed by atoms with Gasteiger partial charge >= 0.3 is 5.97 Å². The van der Waals surface area contributed by atoms with Crippen LogP contribution < -0.4 is 5.73 Å². The van der Waals surface area contributed by atoms with Crippen molar-refractivity contribution in [2.24, 2.45) is 11.8 Å². The third kappa shape index (κ3) is 3.15. The predicted octanol–water partition coefficient (Wildman–Crippen LogP) is 3.10. The van der Waals surface area contributed by atoms with Crippen molar-refractivity contribution in [2.75, 3.05) is 12.8 Å². The predicted molar refractivity (Wildman–Crippen MR) is 91.3 cm³/mol. The fourth-order valence-electron chi connectivity index (χ4n) is 3.32. The third-order valence-corrected chi connectivity index (χ3v) is 4.65. The highest BCUT2D eigenvalue weighted by molar-refractivity contribution is 6.00. The van der Waals surface area contributed by atoms with Gasteiger partial charge in [0.15, 0.2) is 5.78 Å². The number of carbonyl (C=O) groups excluding carboxylic acids is 2. The first-order valence-corrected chi connectivity index (χ1v) is 8.04. The lowest BCUT2D eigenvalue weighted by Crippen LogP contribution is -2.26. The number of carbonyl (C=O) groups is 2. The van der Waals surface area contributed by atoms with Crippen LogP contribution in [0.2, 0.25) is 0 Å². The molecule has 1 aliphatic rings. The molecular formula is C19H20N2O3. The molecule has 0 amide bonds. The number of ketones is 1. The number of benzene rings is 1. The van der Waals surface area contributed by atoms with E-state index in [4.69, 9.17) is 10.5 Å². The standard InChI is InChI=1S/C19H20N2O3/c1-24-19(23)16-4-2-3-15(16)18(22)13-7-5-12(6-8-13)14-9-10-17(20)21-11-14/h5-11,15-16H,2-4H2,1H3,(H2,20,21). The van der Waals surface area contributed by atoms with Crippen LogP contribution >= 0.6 is 0 Å². The van der Waals surface area contributed by atoms with Crippen LogP contribution in [0.4, 0.5) is 5.82 Å². The maximum absolute atomic E-state index is 12.7. The van der Waals surface area contributed by atoms with Crippen molar-refractivity contribution in [1.29, 1.82) is 0 Å². The topological polar surface area (TPSA) is 82.3 Å². The van der Waals surface area contributed by atoms with E-state index < -0.39 is 0 Å². The van der Waals surface area contributed by atoms with Gasteiger partial charge in [0.1, 0.15) is 5.82 Å². The minimum atomic E-state index is -0.316. The Bertz CT molecular complexity index is 738. The molecule has 1 aromatic heterocycles. The highest BCUT2D eigenvalue weighted by Gasteiger charge is 2.38. The summed E-state index contributed by atoms with van der Waals surface area (Å²) in [6.07, 6.45) is 4.04. The molecule has 124 valence electrons. The van der Waals surface area contributed by atoms with E-state index in [1.807, 2.05) is 18.2 Å². The Balaban J connectivity index is 1.79. The Labute approximate surface area is 140 Å². The fourth-order valence-corrected chi connectivity index (χ4v) is 3.32. The molecule has 5 heteroatoms. The van der Waals surface area contributed by atoms with E-state index in [-0.39, 0.29) is 23.6 Å². The maximum Gasteiger partial charge on any atom is 0.309 e. The molecule has 2 unspecified atom stereocenters. The third-order valence-electron chi connectivity index (χ3n) is 4.65. The van der Waals surface area contributed by atoms with E-state index in [9.17, 15) is 9.59 Å². The van der Waals surface area contributed by atoms with Gasteiger partial charge in [-0.2, -0.15) is 0 Å². The average Bonchev–Trinajstić information content (AvgIpc) is 3.11. The van der Waals surface area contributed by atoms with Crippen LogP contribution in [-0.4, -0.2) is 23.8 Å². The first kappa shape index (κ1) is 16.2. The summed E-state index contributed by atoms with van der Waals surface area (Å²) in [5.41, 5.74) is 8.13. The lowest BCUT2D eigenvalue weighted by atomic mass is 9.88. The van der Waals surface area contributed by atoms with Gasteiger partial charge in [0, 0.05) is 23.2 Å². The quantitative estimate of drug-likeness (QED) is 0.690. The van der Waals surface area contributed by atoms with Crippen LogP contribution in [0.5, 0.6) is 0 Å². The molecule has 0 bridgehead atoms. The number of esters is 1. The molecule has 2 aromatic rings. The second-order valence-electron chi connectivity index (χ2n) is 6.08. The number of ether oxygens (including phenoxy) is 1. The molecule has 1 fully saturated rings. The van der Waals surface area contributed by atoms with E-state index in [1.54, 1.807) is 24.4 Å². The molecule has 0 aliphatic heterocycles. The summed E-state index contributed by atoms with van der Waals surface area (Å²) in [6.45, 7) is 0. The van der Waals surface area contributed by atoms with Gasteiger partial charge in [-0.3, -0.25) is 9.59 Å². The Morgan fingerprint density at radius 3 is 2.33 bits per heavy atom. The van der Waals surface area contributed by atoms with Gasteiger partial charge in [-0.15, -0.1) is 0 Å². The van der Waals surface area contributed by atoms with E-state index in [0.29, 0.717) is 11.4 Å². The maximum atomic E-state index is 12.7. The Hall–Kier alpha value is -2.69. The molecule has 0 spiro atoms. The number of nitrogens with zero attached hydrogens (tertiary/aromatic N) is 1. The van der Waals surface area contributed by atoms with Crippen molar-refractivity contribution < 1.29 is 14.3 Å². The van der Waals surface area contributed by atoms with E-state index >= 15 is 0 Å². The van der Waals surface area contributed by atoms with E-state index in [2.05, 4.69) is 4.98 Å². The number of hydrogen-bond donors (Lipinski definition) is 1. The summed E-state index contributed by atoms with van der Waals surface area (Å²) in [5, 5.41) is 0. The van der Waals surface area contributed by atoms with Crippen molar-refractivity contribution >= 4 is 17.6 Å². The molecule has 24 heavy (non-hydrogen) atoms. The Kier molecular flexibility index (Phi) is 4.60. The molecule has 2 N–H and O–H groups in total. The van der Waals surface area contributed by atoms with Gasteiger partial charge in [-0.25, -0.2) is 4.98 Å². The van der Waals surface area contributed by atoms with Gasteiger partial charge in [0.25, 0.3) is 0 Å². The molecule has 5 nitrogen and oxygen atoms in total. The van der Waals surface area contributed by atoms with Gasteiger partial charge in [0.2, 0.25) is 0 Å². The number of hydrogen-bond acceptors (Lipinski definition) is 5. The van der Waals surface area contributed by atoms with Gasteiger partial charge < -0.3 is 10.5 Å². The van der Waals surface area contributed by atoms with Crippen LogP contribution in [0.3, 0.4) is 0 Å². The lowest BCUT2D eigenvalue weighted by Gasteiger charge is -2.16. The van der Waals surface area contributed by atoms with Crippen LogP contribution in [-0.2, 0) is 9.53 Å². The second-order valence-corrected chi connectivity index (χ2v) is 6.08.